The second-order valence-electron chi connectivity index (χ2n) is 12.5. The van der Waals surface area contributed by atoms with Crippen molar-refractivity contribution >= 4 is 39.1 Å². The highest BCUT2D eigenvalue weighted by atomic mass is 35.5. The van der Waals surface area contributed by atoms with Gasteiger partial charge in [-0.05, 0) is 29.8 Å². The largest absolute Gasteiger partial charge is 0.507 e. The number of sulfonamides is 1. The molecule has 0 saturated carbocycles. The summed E-state index contributed by atoms with van der Waals surface area (Å²) < 4.78 is 49.5. The van der Waals surface area contributed by atoms with E-state index in [-0.39, 0.29) is 70.0 Å². The molecule has 2 aromatic carbocycles. The molecule has 0 saturated heterocycles. The fourth-order valence-electron chi connectivity index (χ4n) is 6.53. The van der Waals surface area contributed by atoms with Gasteiger partial charge in [0.15, 0.2) is 28.8 Å². The van der Waals surface area contributed by atoms with Crippen LogP contribution in [0.5, 0.6) is 28.7 Å². The predicted octanol–water partition coefficient (Wildman–Crippen LogP) is 4.00. The van der Waals surface area contributed by atoms with Crippen molar-refractivity contribution in [2.45, 2.75) is 37.7 Å². The number of hydrogen-bond donors (Lipinski definition) is 3. The molecular formula is C36H40ClN3O11S. The van der Waals surface area contributed by atoms with Crippen LogP contribution in [0.15, 0.2) is 60.0 Å². The van der Waals surface area contributed by atoms with Gasteiger partial charge in [0.05, 0.1) is 27.1 Å². The molecule has 3 atom stereocenters. The van der Waals surface area contributed by atoms with Gasteiger partial charge in [-0.15, -0.1) is 0 Å². The fraction of sp³-hybridized carbons (Fsp3) is 0.389. The summed E-state index contributed by atoms with van der Waals surface area (Å²) in [4.78, 5) is 45.9. The summed E-state index contributed by atoms with van der Waals surface area (Å²) in [5.74, 6) is -5.18. The molecule has 1 aromatic heterocycles. The quantitative estimate of drug-likeness (QED) is 0.215. The van der Waals surface area contributed by atoms with Crippen LogP contribution < -0.4 is 24.3 Å². The number of hydrogen-bond acceptors (Lipinski definition) is 12. The first-order chi connectivity index (χ1) is 24.7. The topological polar surface area (TPSA) is 191 Å². The summed E-state index contributed by atoms with van der Waals surface area (Å²) >= 11 is 6.57. The summed E-state index contributed by atoms with van der Waals surface area (Å²) in [7, 11) is 1.71. The predicted molar refractivity (Wildman–Crippen MR) is 190 cm³/mol. The van der Waals surface area contributed by atoms with Crippen molar-refractivity contribution in [3.63, 3.8) is 0 Å². The van der Waals surface area contributed by atoms with Crippen LogP contribution in [0.1, 0.15) is 47.3 Å². The van der Waals surface area contributed by atoms with Gasteiger partial charge in [0.2, 0.25) is 27.3 Å². The van der Waals surface area contributed by atoms with Gasteiger partial charge >= 0.3 is 0 Å². The molecule has 2 aliphatic rings. The van der Waals surface area contributed by atoms with Crippen LogP contribution in [0.4, 0.5) is 0 Å². The van der Waals surface area contributed by atoms with Crippen LogP contribution in [0.2, 0.25) is 5.02 Å². The Hall–Kier alpha value is -4.86. The number of likely N-dealkylation sites (N-methyl/N-ethyl adjacent to an activating group) is 1. The van der Waals surface area contributed by atoms with E-state index in [4.69, 9.17) is 30.5 Å². The third-order valence-corrected chi connectivity index (χ3v) is 11.6. The van der Waals surface area contributed by atoms with Gasteiger partial charge in [0.1, 0.15) is 22.1 Å². The lowest BCUT2D eigenvalue weighted by atomic mass is 9.69. The van der Waals surface area contributed by atoms with Gasteiger partial charge in [0, 0.05) is 74.8 Å². The van der Waals surface area contributed by atoms with E-state index in [1.54, 1.807) is 25.3 Å². The molecular weight excluding hydrogens is 718 g/mol. The molecule has 0 bridgehead atoms. The third kappa shape index (κ3) is 7.12. The number of halogens is 1. The molecule has 3 aromatic rings. The molecule has 0 radical (unpaired) electrons. The number of rotatable bonds is 14. The van der Waals surface area contributed by atoms with Crippen molar-refractivity contribution in [3.8, 4) is 28.7 Å². The monoisotopic (exact) mass is 757 g/mol. The van der Waals surface area contributed by atoms with Crippen molar-refractivity contribution in [2.75, 3.05) is 47.2 Å². The number of aliphatic hydroxyl groups excluding tert-OH is 1. The van der Waals surface area contributed by atoms with Crippen molar-refractivity contribution in [1.29, 1.82) is 0 Å². The van der Waals surface area contributed by atoms with E-state index in [1.807, 2.05) is 6.07 Å². The SMILES string of the molecule is COc1cc(C(CC(=O)NCCS(=O)(=O)N(C)CCc2ccccn2)C2=C(O)C3(Oc4c(Cl)c(OC)cc(OC)c4C3=O)C(C)CC2=O)ccc1O. The van der Waals surface area contributed by atoms with Crippen LogP contribution in [0, 0.1) is 5.92 Å². The zero-order valence-corrected chi connectivity index (χ0v) is 30.8. The molecule has 16 heteroatoms. The lowest BCUT2D eigenvalue weighted by molar-refractivity contribution is -0.121. The lowest BCUT2D eigenvalue weighted by Crippen LogP contribution is -2.53. The molecule has 0 fully saturated rings. The fourth-order valence-corrected chi connectivity index (χ4v) is 7.83. The zero-order chi connectivity index (χ0) is 38.0. The van der Waals surface area contributed by atoms with Crippen LogP contribution in [0.3, 0.4) is 0 Å². The van der Waals surface area contributed by atoms with Gasteiger partial charge in [-0.25, -0.2) is 12.7 Å². The summed E-state index contributed by atoms with van der Waals surface area (Å²) in [6.45, 7) is 1.51. The normalized spacial score (nSPS) is 19.0. The number of carbonyl (C=O) groups excluding carboxylic acids is 3. The number of Topliss-reactive ketones (excluding diaryl/α,β-unsaturated/α-hetero) is 2. The molecule has 1 amide bonds. The van der Waals surface area contributed by atoms with E-state index in [0.29, 0.717) is 6.42 Å². The van der Waals surface area contributed by atoms with E-state index in [9.17, 15) is 33.0 Å². The van der Waals surface area contributed by atoms with E-state index < -0.39 is 62.9 Å². The van der Waals surface area contributed by atoms with Gasteiger partial charge in [-0.1, -0.05) is 30.7 Å². The maximum atomic E-state index is 14.3. The van der Waals surface area contributed by atoms with Crippen LogP contribution >= 0.6 is 11.6 Å². The number of nitrogens with one attached hydrogen (secondary N) is 1. The number of aliphatic hydroxyl groups is 1. The number of allylic oxidation sites excluding steroid dienone is 1. The number of methoxy groups -OCH3 is 3. The Morgan fingerprint density at radius 1 is 1.10 bits per heavy atom. The standard InChI is InChI=1S/C36H40ClN3O11S/c1-20-16-25(42)30(34(44)36(20)35(45)31-27(49-4)19-28(50-5)32(37)33(31)51-36)23(21-9-10-24(41)26(17-21)48-3)18-29(43)39-13-15-52(46,47)40(2)14-11-22-8-6-7-12-38-22/h6-10,12,17,19-20,23,41,44H,11,13-16,18H2,1-5H3,(H,39,43). The smallest absolute Gasteiger partial charge is 0.231 e. The Kier molecular flexibility index (Phi) is 11.4. The average molecular weight is 758 g/mol. The van der Waals surface area contributed by atoms with E-state index in [2.05, 4.69) is 10.3 Å². The number of aromatic hydroxyl groups is 1. The molecule has 2 heterocycles. The Balaban J connectivity index is 1.46. The van der Waals surface area contributed by atoms with Gasteiger partial charge in [-0.2, -0.15) is 0 Å². The highest BCUT2D eigenvalue weighted by Crippen LogP contribution is 2.56. The maximum absolute atomic E-state index is 14.3. The Labute approximate surface area is 306 Å². The summed E-state index contributed by atoms with van der Waals surface area (Å²) in [6, 6.07) is 10.9. The third-order valence-electron chi connectivity index (χ3n) is 9.42. The number of carbonyl (C=O) groups is 3. The second kappa shape index (κ2) is 15.4. The maximum Gasteiger partial charge on any atom is 0.231 e. The highest BCUT2D eigenvalue weighted by molar-refractivity contribution is 7.89. The van der Waals surface area contributed by atoms with Gasteiger partial charge < -0.3 is 34.5 Å². The van der Waals surface area contributed by atoms with E-state index in [1.165, 1.54) is 56.9 Å². The Morgan fingerprint density at radius 3 is 2.46 bits per heavy atom. The molecule has 5 rings (SSSR count). The number of aromatic nitrogens is 1. The number of ketones is 2. The van der Waals surface area contributed by atoms with Gasteiger partial charge in [-0.3, -0.25) is 19.4 Å². The number of benzene rings is 2. The molecule has 1 aliphatic heterocycles. The number of phenols is 1. The van der Waals surface area contributed by atoms with Crippen molar-refractivity contribution in [3.05, 3.63) is 81.8 Å². The molecule has 14 nitrogen and oxygen atoms in total. The summed E-state index contributed by atoms with van der Waals surface area (Å²) in [5.41, 5.74) is -1.42. The zero-order valence-electron chi connectivity index (χ0n) is 29.3. The van der Waals surface area contributed by atoms with Crippen molar-refractivity contribution in [1.82, 2.24) is 14.6 Å². The number of nitrogens with zero attached hydrogens (tertiary/aromatic N) is 2. The van der Waals surface area contributed by atoms with Crippen LogP contribution in [-0.2, 0) is 26.0 Å². The molecule has 1 spiro atoms. The first-order valence-electron chi connectivity index (χ1n) is 16.3. The molecule has 278 valence electrons. The molecule has 52 heavy (non-hydrogen) atoms. The summed E-state index contributed by atoms with van der Waals surface area (Å²) in [5, 5.41) is 25.0. The van der Waals surface area contributed by atoms with E-state index >= 15 is 0 Å². The highest BCUT2D eigenvalue weighted by Gasteiger charge is 2.61. The number of amides is 1. The molecule has 3 unspecified atom stereocenters. The molecule has 1 aliphatic carbocycles. The first-order valence-corrected chi connectivity index (χ1v) is 18.3. The lowest BCUT2D eigenvalue weighted by Gasteiger charge is -2.38. The minimum absolute atomic E-state index is 0.0263. The van der Waals surface area contributed by atoms with Gasteiger partial charge in [0.25, 0.3) is 0 Å². The summed E-state index contributed by atoms with van der Waals surface area (Å²) in [6.07, 6.45) is 1.31. The molecule has 3 N–H and O–H groups in total. The number of phenolic OH excluding ortho intramolecular Hbond substituents is 1. The van der Waals surface area contributed by atoms with E-state index in [0.717, 1.165) is 5.69 Å². The van der Waals surface area contributed by atoms with Crippen molar-refractivity contribution < 1.29 is 52.0 Å². The van der Waals surface area contributed by atoms with Crippen LogP contribution in [-0.4, -0.2) is 98.2 Å². The van der Waals surface area contributed by atoms with Crippen molar-refractivity contribution in [2.24, 2.45) is 5.92 Å². The Bertz CT molecular complexity index is 2020. The number of pyridine rings is 1. The average Bonchev–Trinajstić information content (AvgIpc) is 3.44. The number of ether oxygens (including phenoxy) is 4. The minimum atomic E-state index is -3.77. The van der Waals surface area contributed by atoms with Crippen LogP contribution in [0.25, 0.3) is 0 Å². The minimum Gasteiger partial charge on any atom is -0.507 e. The Morgan fingerprint density at radius 2 is 1.81 bits per heavy atom. The second-order valence-corrected chi connectivity index (χ2v) is 15.1. The number of fused-ring (bicyclic) bond motifs is 1. The first kappa shape index (κ1) is 38.4.